The maximum absolute atomic E-state index is 6.47. The molecule has 0 N–H and O–H groups in total. The second-order valence-corrected chi connectivity index (χ2v) is 13.4. The van der Waals surface area contributed by atoms with Gasteiger partial charge in [0.25, 0.3) is 0 Å². The normalized spacial score (nSPS) is 12.0. The highest BCUT2D eigenvalue weighted by Crippen LogP contribution is 2.45. The molecule has 0 radical (unpaired) electrons. The minimum absolute atomic E-state index is 0.110. The molecule has 0 amide bonds. The van der Waals surface area contributed by atoms with Gasteiger partial charge in [-0.1, -0.05) is 137 Å². The van der Waals surface area contributed by atoms with E-state index in [0.717, 1.165) is 33.1 Å². The monoisotopic (exact) mass is 592 g/mol. The Labute approximate surface area is 270 Å². The van der Waals surface area contributed by atoms with Crippen LogP contribution in [0.2, 0.25) is 0 Å². The van der Waals surface area contributed by atoms with Crippen molar-refractivity contribution in [1.82, 2.24) is 0 Å². The van der Waals surface area contributed by atoms with Gasteiger partial charge in [-0.2, -0.15) is 0 Å². The van der Waals surface area contributed by atoms with Crippen LogP contribution >= 0.6 is 0 Å². The molecule has 46 heavy (non-hydrogen) atoms. The van der Waals surface area contributed by atoms with Crippen molar-refractivity contribution < 1.29 is 4.42 Å². The first-order valence-electron chi connectivity index (χ1n) is 16.1. The van der Waals surface area contributed by atoms with Gasteiger partial charge in [0.2, 0.25) is 0 Å². The molecule has 7 aromatic carbocycles. The van der Waals surface area contributed by atoms with Crippen LogP contribution in [0.4, 0.5) is 0 Å². The number of hydrogen-bond acceptors (Lipinski definition) is 1. The number of fused-ring (bicyclic) bond motifs is 5. The van der Waals surface area contributed by atoms with Crippen molar-refractivity contribution in [2.75, 3.05) is 0 Å². The van der Waals surface area contributed by atoms with E-state index in [4.69, 9.17) is 4.42 Å². The van der Waals surface area contributed by atoms with Crippen molar-refractivity contribution in [2.24, 2.45) is 0 Å². The SMILES string of the molecule is C=Cc1c(C)cccc1-c1ccc2c(c1)oc1ccc(-c3c4ccccc4c(-c4ccc(C(C)(C)C)cc4)c4ccccc34)cc12. The van der Waals surface area contributed by atoms with Crippen LogP contribution in [0.3, 0.4) is 0 Å². The van der Waals surface area contributed by atoms with Gasteiger partial charge < -0.3 is 4.42 Å². The van der Waals surface area contributed by atoms with Crippen molar-refractivity contribution >= 4 is 49.6 Å². The van der Waals surface area contributed by atoms with Crippen LogP contribution in [0.5, 0.6) is 0 Å². The smallest absolute Gasteiger partial charge is 0.136 e. The summed E-state index contributed by atoms with van der Waals surface area (Å²) in [6.07, 6.45) is 1.95. The summed E-state index contributed by atoms with van der Waals surface area (Å²) in [6.45, 7) is 13.0. The predicted octanol–water partition coefficient (Wildman–Crippen LogP) is 13.1. The molecule has 0 bridgehead atoms. The fourth-order valence-electron chi connectivity index (χ4n) is 7.19. The third kappa shape index (κ3) is 4.46. The van der Waals surface area contributed by atoms with Gasteiger partial charge >= 0.3 is 0 Å². The predicted molar refractivity (Wildman–Crippen MR) is 199 cm³/mol. The molecule has 0 fully saturated rings. The Morgan fingerprint density at radius 2 is 1.11 bits per heavy atom. The van der Waals surface area contributed by atoms with Gasteiger partial charge in [0.15, 0.2) is 0 Å². The summed E-state index contributed by atoms with van der Waals surface area (Å²) in [5.74, 6) is 0. The second kappa shape index (κ2) is 10.6. The summed E-state index contributed by atoms with van der Waals surface area (Å²) in [5.41, 5.74) is 12.9. The summed E-state index contributed by atoms with van der Waals surface area (Å²) in [7, 11) is 0. The third-order valence-electron chi connectivity index (χ3n) is 9.57. The van der Waals surface area contributed by atoms with Crippen molar-refractivity contribution in [2.45, 2.75) is 33.1 Å². The Bertz CT molecular complexity index is 2410. The Morgan fingerprint density at radius 3 is 1.72 bits per heavy atom. The lowest BCUT2D eigenvalue weighted by molar-refractivity contribution is 0.590. The molecule has 1 heterocycles. The molecule has 1 aromatic heterocycles. The highest BCUT2D eigenvalue weighted by molar-refractivity contribution is 6.22. The van der Waals surface area contributed by atoms with E-state index in [1.165, 1.54) is 60.5 Å². The molecular weight excluding hydrogens is 556 g/mol. The van der Waals surface area contributed by atoms with E-state index < -0.39 is 0 Å². The summed E-state index contributed by atoms with van der Waals surface area (Å²) in [6, 6.07) is 46.5. The van der Waals surface area contributed by atoms with Crippen LogP contribution in [0.1, 0.15) is 37.5 Å². The van der Waals surface area contributed by atoms with E-state index in [0.29, 0.717) is 0 Å². The van der Waals surface area contributed by atoms with E-state index in [-0.39, 0.29) is 5.41 Å². The van der Waals surface area contributed by atoms with E-state index in [1.807, 2.05) is 6.08 Å². The molecule has 0 aliphatic carbocycles. The fourth-order valence-corrected chi connectivity index (χ4v) is 7.19. The first kappa shape index (κ1) is 28.1. The van der Waals surface area contributed by atoms with Gasteiger partial charge in [-0.15, -0.1) is 0 Å². The number of rotatable bonds is 4. The number of aryl methyl sites for hydroxylation is 1. The van der Waals surface area contributed by atoms with E-state index in [9.17, 15) is 0 Å². The Balaban J connectivity index is 1.33. The molecule has 0 spiro atoms. The van der Waals surface area contributed by atoms with Crippen LogP contribution in [-0.4, -0.2) is 0 Å². The molecule has 1 nitrogen and oxygen atoms in total. The summed E-state index contributed by atoms with van der Waals surface area (Å²) >= 11 is 0. The second-order valence-electron chi connectivity index (χ2n) is 13.4. The maximum atomic E-state index is 6.47. The quantitative estimate of drug-likeness (QED) is 0.185. The molecule has 0 saturated heterocycles. The Morgan fingerprint density at radius 1 is 0.522 bits per heavy atom. The summed E-state index contributed by atoms with van der Waals surface area (Å²) < 4.78 is 6.47. The average molecular weight is 593 g/mol. The highest BCUT2D eigenvalue weighted by atomic mass is 16.3. The first-order chi connectivity index (χ1) is 22.3. The molecule has 0 unspecified atom stereocenters. The molecular formula is C45H36O. The lowest BCUT2D eigenvalue weighted by Crippen LogP contribution is -2.10. The van der Waals surface area contributed by atoms with Crippen LogP contribution in [-0.2, 0) is 5.41 Å². The minimum Gasteiger partial charge on any atom is -0.456 e. The van der Waals surface area contributed by atoms with E-state index in [2.05, 4.69) is 162 Å². The maximum Gasteiger partial charge on any atom is 0.136 e. The average Bonchev–Trinajstić information content (AvgIpc) is 3.44. The van der Waals surface area contributed by atoms with Crippen LogP contribution in [0, 0.1) is 6.92 Å². The summed E-state index contributed by atoms with van der Waals surface area (Å²) in [5, 5.41) is 7.28. The van der Waals surface area contributed by atoms with Crippen molar-refractivity contribution in [3.8, 4) is 33.4 Å². The van der Waals surface area contributed by atoms with Crippen LogP contribution in [0.15, 0.2) is 138 Å². The van der Waals surface area contributed by atoms with E-state index in [1.54, 1.807) is 0 Å². The molecule has 222 valence electrons. The van der Waals surface area contributed by atoms with Gasteiger partial charge in [-0.05, 0) is 108 Å². The zero-order valence-corrected chi connectivity index (χ0v) is 26.8. The molecule has 8 aromatic rings. The zero-order valence-electron chi connectivity index (χ0n) is 26.8. The van der Waals surface area contributed by atoms with Crippen molar-refractivity contribution in [1.29, 1.82) is 0 Å². The first-order valence-corrected chi connectivity index (χ1v) is 16.1. The van der Waals surface area contributed by atoms with Gasteiger partial charge in [0, 0.05) is 10.8 Å². The van der Waals surface area contributed by atoms with E-state index >= 15 is 0 Å². The highest BCUT2D eigenvalue weighted by Gasteiger charge is 2.19. The molecule has 1 heteroatoms. The standard InChI is InChI=1S/C45H36O/c1-6-33-28(2)12-11-17-34(33)30-20-24-35-40-26-31(21-25-41(40)46-42(35)27-30)44-38-15-9-7-13-36(38)43(37-14-8-10-16-39(37)44)29-18-22-32(23-19-29)45(3,4)5/h6-27H,1H2,2-5H3. The van der Waals surface area contributed by atoms with Gasteiger partial charge in [-0.3, -0.25) is 0 Å². The number of furan rings is 1. The van der Waals surface area contributed by atoms with Crippen molar-refractivity contribution in [3.63, 3.8) is 0 Å². The zero-order chi connectivity index (χ0) is 31.6. The minimum atomic E-state index is 0.110. The molecule has 0 aliphatic rings. The molecule has 8 rings (SSSR count). The Hall–Kier alpha value is -5.40. The van der Waals surface area contributed by atoms with Crippen LogP contribution in [0.25, 0.3) is 82.9 Å². The van der Waals surface area contributed by atoms with Crippen LogP contribution < -0.4 is 0 Å². The molecule has 0 saturated carbocycles. The van der Waals surface area contributed by atoms with Gasteiger partial charge in [-0.25, -0.2) is 0 Å². The third-order valence-corrected chi connectivity index (χ3v) is 9.57. The Kier molecular flexibility index (Phi) is 6.48. The lowest BCUT2D eigenvalue weighted by atomic mass is 9.83. The lowest BCUT2D eigenvalue weighted by Gasteiger charge is -2.21. The van der Waals surface area contributed by atoms with Gasteiger partial charge in [0.1, 0.15) is 11.2 Å². The largest absolute Gasteiger partial charge is 0.456 e. The number of hydrogen-bond donors (Lipinski definition) is 0. The molecule has 0 atom stereocenters. The van der Waals surface area contributed by atoms with Crippen molar-refractivity contribution in [3.05, 3.63) is 151 Å². The van der Waals surface area contributed by atoms with Gasteiger partial charge in [0.05, 0.1) is 0 Å². The fraction of sp³-hybridized carbons (Fsp3) is 0.111. The summed E-state index contributed by atoms with van der Waals surface area (Å²) in [4.78, 5) is 0. The topological polar surface area (TPSA) is 13.1 Å². The molecule has 0 aliphatic heterocycles. The number of benzene rings is 7.